The van der Waals surface area contributed by atoms with Crippen molar-refractivity contribution in [3.63, 3.8) is 0 Å². The lowest BCUT2D eigenvalue weighted by Crippen LogP contribution is -2.00. The molecule has 2 aromatic carbocycles. The number of methoxy groups -OCH3 is 1. The molecule has 0 radical (unpaired) electrons. The summed E-state index contributed by atoms with van der Waals surface area (Å²) < 4.78 is 17.9. The lowest BCUT2D eigenvalue weighted by molar-refractivity contribution is 0.413. The second-order valence-electron chi connectivity index (χ2n) is 4.68. The second kappa shape index (κ2) is 5.57. The highest BCUT2D eigenvalue weighted by Gasteiger charge is 2.14. The first-order valence-electron chi connectivity index (χ1n) is 6.16. The van der Waals surface area contributed by atoms with Gasteiger partial charge in [-0.25, -0.2) is 4.21 Å². The fourth-order valence-electron chi connectivity index (χ4n) is 2.29. The third kappa shape index (κ3) is 2.87. The Kier molecular flexibility index (Phi) is 4.05. The summed E-state index contributed by atoms with van der Waals surface area (Å²) in [6, 6.07) is 11.6. The zero-order valence-corrected chi connectivity index (χ0v) is 12.5. The van der Waals surface area contributed by atoms with Crippen LogP contribution in [0.5, 0.6) is 5.75 Å². The van der Waals surface area contributed by atoms with Gasteiger partial charge in [-0.1, -0.05) is 23.8 Å². The average molecular weight is 274 g/mol. The number of hydrogen-bond acceptors (Lipinski definition) is 2. The second-order valence-corrected chi connectivity index (χ2v) is 6.09. The largest absolute Gasteiger partial charge is 0.497 e. The minimum atomic E-state index is -1.17. The van der Waals surface area contributed by atoms with Crippen LogP contribution in [-0.4, -0.2) is 11.3 Å². The van der Waals surface area contributed by atoms with Crippen molar-refractivity contribution in [2.75, 3.05) is 7.11 Å². The van der Waals surface area contributed by atoms with Gasteiger partial charge in [0.15, 0.2) is 0 Å². The first-order chi connectivity index (χ1) is 9.02. The summed E-state index contributed by atoms with van der Waals surface area (Å²) in [4.78, 5) is 1.67. The van der Waals surface area contributed by atoms with Crippen LogP contribution in [0.1, 0.15) is 16.7 Å². The zero-order valence-electron chi connectivity index (χ0n) is 11.7. The van der Waals surface area contributed by atoms with Crippen LogP contribution >= 0.6 is 0 Å². The molecule has 0 amide bonds. The van der Waals surface area contributed by atoms with Gasteiger partial charge in [-0.3, -0.25) is 0 Å². The minimum Gasteiger partial charge on any atom is -0.497 e. The van der Waals surface area contributed by atoms with E-state index in [9.17, 15) is 4.21 Å². The highest BCUT2D eigenvalue weighted by molar-refractivity contribution is 7.85. The molecule has 1 atom stereocenters. The molecule has 0 fully saturated rings. The summed E-state index contributed by atoms with van der Waals surface area (Å²) in [5.41, 5.74) is 3.33. The standard InChI is InChI=1S/C16H18O2S/c1-11-8-12(2)16(13(3)9-11)19(17)15-7-5-6-14(10-15)18-4/h5-10H,1-4H3/t19-/m0/s1. The average Bonchev–Trinajstić information content (AvgIpc) is 2.37. The number of hydrogen-bond donors (Lipinski definition) is 0. The third-order valence-electron chi connectivity index (χ3n) is 3.05. The molecule has 2 aromatic rings. The molecule has 2 rings (SSSR count). The molecule has 0 aliphatic heterocycles. The van der Waals surface area contributed by atoms with Gasteiger partial charge in [0, 0.05) is 9.79 Å². The molecule has 3 heteroatoms. The van der Waals surface area contributed by atoms with Crippen LogP contribution in [0.2, 0.25) is 0 Å². The van der Waals surface area contributed by atoms with E-state index in [1.165, 1.54) is 5.56 Å². The molecule has 19 heavy (non-hydrogen) atoms. The Bertz CT molecular complexity index is 609. The number of ether oxygens (including phenoxy) is 1. The number of benzene rings is 2. The van der Waals surface area contributed by atoms with Gasteiger partial charge < -0.3 is 4.74 Å². The normalized spacial score (nSPS) is 12.2. The Hall–Kier alpha value is -1.61. The molecule has 0 spiro atoms. The molecule has 0 aliphatic rings. The Balaban J connectivity index is 2.50. The van der Waals surface area contributed by atoms with E-state index in [1.54, 1.807) is 7.11 Å². The monoisotopic (exact) mass is 274 g/mol. The van der Waals surface area contributed by atoms with E-state index in [2.05, 4.69) is 19.1 Å². The minimum absolute atomic E-state index is 0.730. The topological polar surface area (TPSA) is 26.3 Å². The van der Waals surface area contributed by atoms with Crippen LogP contribution in [0, 0.1) is 20.8 Å². The lowest BCUT2D eigenvalue weighted by atomic mass is 10.1. The van der Waals surface area contributed by atoms with Crippen LogP contribution in [-0.2, 0) is 10.8 Å². The summed E-state index contributed by atoms with van der Waals surface area (Å²) in [7, 11) is 0.445. The Morgan fingerprint density at radius 1 is 1.00 bits per heavy atom. The van der Waals surface area contributed by atoms with E-state index >= 15 is 0 Å². The van der Waals surface area contributed by atoms with Gasteiger partial charge in [0.2, 0.25) is 0 Å². The van der Waals surface area contributed by atoms with Gasteiger partial charge >= 0.3 is 0 Å². The van der Waals surface area contributed by atoms with E-state index < -0.39 is 10.8 Å². The molecule has 100 valence electrons. The molecule has 0 aromatic heterocycles. The molecule has 0 saturated heterocycles. The Morgan fingerprint density at radius 2 is 1.63 bits per heavy atom. The van der Waals surface area contributed by atoms with E-state index in [-0.39, 0.29) is 0 Å². The van der Waals surface area contributed by atoms with Crippen LogP contribution in [0.25, 0.3) is 0 Å². The van der Waals surface area contributed by atoms with Crippen molar-refractivity contribution < 1.29 is 8.95 Å². The fraction of sp³-hybridized carbons (Fsp3) is 0.250. The molecular weight excluding hydrogens is 256 g/mol. The maximum absolute atomic E-state index is 12.7. The first kappa shape index (κ1) is 13.8. The summed E-state index contributed by atoms with van der Waals surface area (Å²) in [6.07, 6.45) is 0. The zero-order chi connectivity index (χ0) is 14.0. The van der Waals surface area contributed by atoms with E-state index in [0.717, 1.165) is 26.7 Å². The van der Waals surface area contributed by atoms with Crippen LogP contribution in [0.4, 0.5) is 0 Å². The van der Waals surface area contributed by atoms with Crippen molar-refractivity contribution in [3.05, 3.63) is 53.1 Å². The van der Waals surface area contributed by atoms with E-state index in [0.29, 0.717) is 0 Å². The Morgan fingerprint density at radius 3 is 2.21 bits per heavy atom. The molecule has 0 unspecified atom stereocenters. The number of rotatable bonds is 3. The van der Waals surface area contributed by atoms with E-state index in [1.807, 2.05) is 38.1 Å². The predicted octanol–water partition coefficient (Wildman–Crippen LogP) is 3.79. The highest BCUT2D eigenvalue weighted by atomic mass is 32.2. The molecular formula is C16H18O2S. The maximum atomic E-state index is 12.7. The van der Waals surface area contributed by atoms with Crippen LogP contribution < -0.4 is 4.74 Å². The van der Waals surface area contributed by atoms with Gasteiger partial charge in [0.25, 0.3) is 0 Å². The predicted molar refractivity (Wildman–Crippen MR) is 78.3 cm³/mol. The van der Waals surface area contributed by atoms with Gasteiger partial charge in [0.1, 0.15) is 5.75 Å². The van der Waals surface area contributed by atoms with Gasteiger partial charge in [-0.05, 0) is 50.1 Å². The molecule has 0 aliphatic carbocycles. The van der Waals surface area contributed by atoms with Crippen molar-refractivity contribution in [1.82, 2.24) is 0 Å². The van der Waals surface area contributed by atoms with Crippen molar-refractivity contribution in [2.45, 2.75) is 30.6 Å². The first-order valence-corrected chi connectivity index (χ1v) is 7.31. The SMILES string of the molecule is COc1cccc([S@](=O)c2c(C)cc(C)cc2C)c1. The van der Waals surface area contributed by atoms with Crippen LogP contribution in [0.3, 0.4) is 0 Å². The highest BCUT2D eigenvalue weighted by Crippen LogP contribution is 2.26. The number of aryl methyl sites for hydroxylation is 3. The molecule has 0 N–H and O–H groups in total. The van der Waals surface area contributed by atoms with Crippen LogP contribution in [0.15, 0.2) is 46.2 Å². The van der Waals surface area contributed by atoms with Gasteiger partial charge in [-0.2, -0.15) is 0 Å². The fourth-order valence-corrected chi connectivity index (χ4v) is 3.66. The van der Waals surface area contributed by atoms with Gasteiger partial charge in [-0.15, -0.1) is 0 Å². The maximum Gasteiger partial charge on any atom is 0.120 e. The summed E-state index contributed by atoms with van der Waals surface area (Å²) in [5, 5.41) is 0. The summed E-state index contributed by atoms with van der Waals surface area (Å²) in [5.74, 6) is 0.730. The molecule has 0 saturated carbocycles. The smallest absolute Gasteiger partial charge is 0.120 e. The van der Waals surface area contributed by atoms with Gasteiger partial charge in [0.05, 0.1) is 17.9 Å². The molecule has 0 bridgehead atoms. The van der Waals surface area contributed by atoms with Crippen molar-refractivity contribution >= 4 is 10.8 Å². The lowest BCUT2D eigenvalue weighted by Gasteiger charge is -2.11. The molecule has 2 nitrogen and oxygen atoms in total. The van der Waals surface area contributed by atoms with E-state index in [4.69, 9.17) is 4.74 Å². The Labute approximate surface area is 116 Å². The summed E-state index contributed by atoms with van der Waals surface area (Å²) in [6.45, 7) is 6.07. The van der Waals surface area contributed by atoms with Crippen molar-refractivity contribution in [1.29, 1.82) is 0 Å². The molecule has 0 heterocycles. The third-order valence-corrected chi connectivity index (χ3v) is 4.74. The summed E-state index contributed by atoms with van der Waals surface area (Å²) >= 11 is 0. The van der Waals surface area contributed by atoms with Crippen molar-refractivity contribution in [3.8, 4) is 5.75 Å². The quantitative estimate of drug-likeness (QED) is 0.851. The van der Waals surface area contributed by atoms with Crippen molar-refractivity contribution in [2.24, 2.45) is 0 Å².